The molecule has 0 radical (unpaired) electrons. The monoisotopic (exact) mass is 501 g/mol. The number of benzene rings is 2. The van der Waals surface area contributed by atoms with E-state index in [9.17, 15) is 13.2 Å². The topological polar surface area (TPSA) is 110 Å². The van der Waals surface area contributed by atoms with Gasteiger partial charge in [0.05, 0.1) is 33.5 Å². The molecule has 0 saturated heterocycles. The van der Waals surface area contributed by atoms with E-state index in [0.717, 1.165) is 9.99 Å². The molecule has 0 saturated carbocycles. The molecule has 182 valence electrons. The maximum Gasteiger partial charge on any atom is 0.256 e. The van der Waals surface area contributed by atoms with E-state index in [4.69, 9.17) is 9.40 Å². The van der Waals surface area contributed by atoms with Gasteiger partial charge in [0.15, 0.2) is 11.4 Å². The number of amides is 1. The van der Waals surface area contributed by atoms with Gasteiger partial charge in [0, 0.05) is 19.8 Å². The standard InChI is InChI=1S/C26H23N5O4S/c1-17-24-21(26(32)27-18-9-7-12-20(15-18)36(33,34)30(2)3)16-22(23-13-8-14-35-23)28-25(24)31(29-17)19-10-5-4-6-11-19/h4-16H,1-3H3,(H,27,32). The van der Waals surface area contributed by atoms with Crippen LogP contribution in [0.5, 0.6) is 0 Å². The molecule has 2 aromatic carbocycles. The number of carbonyl (C=O) groups excluding carboxylic acids is 1. The summed E-state index contributed by atoms with van der Waals surface area (Å²) in [6.07, 6.45) is 1.54. The van der Waals surface area contributed by atoms with Gasteiger partial charge in [-0.3, -0.25) is 4.79 Å². The Bertz CT molecular complexity index is 1670. The van der Waals surface area contributed by atoms with Crippen LogP contribution in [0.2, 0.25) is 0 Å². The summed E-state index contributed by atoms with van der Waals surface area (Å²) < 4.78 is 33.5. The van der Waals surface area contributed by atoms with Gasteiger partial charge in [-0.1, -0.05) is 24.3 Å². The zero-order valence-corrected chi connectivity index (χ0v) is 20.7. The molecule has 1 N–H and O–H groups in total. The molecule has 0 aliphatic rings. The van der Waals surface area contributed by atoms with Crippen molar-refractivity contribution in [3.8, 4) is 17.1 Å². The van der Waals surface area contributed by atoms with Crippen molar-refractivity contribution in [3.05, 3.63) is 90.3 Å². The van der Waals surface area contributed by atoms with Crippen LogP contribution in [0.15, 0.2) is 88.4 Å². The second kappa shape index (κ2) is 9.06. The molecule has 0 bridgehead atoms. The smallest absolute Gasteiger partial charge is 0.256 e. The third-order valence-corrected chi connectivity index (χ3v) is 7.51. The number of para-hydroxylation sites is 1. The maximum atomic E-state index is 13.6. The molecule has 0 atom stereocenters. The first-order chi connectivity index (χ1) is 17.3. The molecule has 0 fully saturated rings. The van der Waals surface area contributed by atoms with Crippen molar-refractivity contribution in [3.63, 3.8) is 0 Å². The van der Waals surface area contributed by atoms with Crippen LogP contribution < -0.4 is 5.32 Å². The van der Waals surface area contributed by atoms with E-state index in [1.165, 1.54) is 32.5 Å². The molecule has 9 nitrogen and oxygen atoms in total. The van der Waals surface area contributed by atoms with Gasteiger partial charge in [-0.05, 0) is 55.5 Å². The Kier molecular flexibility index (Phi) is 5.91. The van der Waals surface area contributed by atoms with Gasteiger partial charge in [0.1, 0.15) is 5.69 Å². The number of furan rings is 1. The number of pyridine rings is 1. The molecule has 3 aromatic heterocycles. The molecule has 0 unspecified atom stereocenters. The summed E-state index contributed by atoms with van der Waals surface area (Å²) in [5, 5.41) is 8.08. The molecule has 0 spiro atoms. The van der Waals surface area contributed by atoms with Crippen molar-refractivity contribution in [2.45, 2.75) is 11.8 Å². The van der Waals surface area contributed by atoms with Crippen LogP contribution in [0.3, 0.4) is 0 Å². The summed E-state index contributed by atoms with van der Waals surface area (Å²) >= 11 is 0. The predicted octanol–water partition coefficient (Wildman–Crippen LogP) is 4.49. The number of carbonyl (C=O) groups is 1. The predicted molar refractivity (Wildman–Crippen MR) is 137 cm³/mol. The van der Waals surface area contributed by atoms with E-state index in [-0.39, 0.29) is 4.90 Å². The number of fused-ring (bicyclic) bond motifs is 1. The van der Waals surface area contributed by atoms with Crippen LogP contribution in [0, 0.1) is 6.92 Å². The minimum atomic E-state index is -3.66. The maximum absolute atomic E-state index is 13.6. The highest BCUT2D eigenvalue weighted by molar-refractivity contribution is 7.89. The number of anilines is 1. The number of aryl methyl sites for hydroxylation is 1. The summed E-state index contributed by atoms with van der Waals surface area (Å²) in [4.78, 5) is 18.4. The number of hydrogen-bond acceptors (Lipinski definition) is 6. The lowest BCUT2D eigenvalue weighted by atomic mass is 10.1. The van der Waals surface area contributed by atoms with Gasteiger partial charge in [-0.15, -0.1) is 0 Å². The molecule has 5 rings (SSSR count). The van der Waals surface area contributed by atoms with Gasteiger partial charge in [-0.25, -0.2) is 22.4 Å². The molecular weight excluding hydrogens is 478 g/mol. The van der Waals surface area contributed by atoms with Crippen molar-refractivity contribution in [2.24, 2.45) is 0 Å². The molecule has 36 heavy (non-hydrogen) atoms. The van der Waals surface area contributed by atoms with E-state index < -0.39 is 15.9 Å². The highest BCUT2D eigenvalue weighted by Gasteiger charge is 2.23. The summed E-state index contributed by atoms with van der Waals surface area (Å²) in [5.41, 5.74) is 3.09. The molecular formula is C26H23N5O4S. The second-order valence-corrected chi connectivity index (χ2v) is 10.5. The zero-order chi connectivity index (χ0) is 25.4. The lowest BCUT2D eigenvalue weighted by molar-refractivity contribution is 0.102. The Morgan fingerprint density at radius 2 is 1.78 bits per heavy atom. The molecule has 10 heteroatoms. The van der Waals surface area contributed by atoms with Gasteiger partial charge in [0.25, 0.3) is 5.91 Å². The number of aromatic nitrogens is 3. The zero-order valence-electron chi connectivity index (χ0n) is 19.8. The quantitative estimate of drug-likeness (QED) is 0.367. The third kappa shape index (κ3) is 4.16. The lowest BCUT2D eigenvalue weighted by Crippen LogP contribution is -2.22. The number of hydrogen-bond donors (Lipinski definition) is 1. The summed E-state index contributed by atoms with van der Waals surface area (Å²) in [6.45, 7) is 1.82. The fourth-order valence-corrected chi connectivity index (χ4v) is 4.86. The molecule has 3 heterocycles. The number of nitrogens with zero attached hydrogens (tertiary/aromatic N) is 4. The van der Waals surface area contributed by atoms with E-state index in [0.29, 0.717) is 39.4 Å². The molecule has 0 aliphatic carbocycles. The normalized spacial score (nSPS) is 11.8. The Labute approximate surface area is 208 Å². The minimum Gasteiger partial charge on any atom is -0.463 e. The number of nitrogens with one attached hydrogen (secondary N) is 1. The Morgan fingerprint density at radius 3 is 2.47 bits per heavy atom. The molecule has 1 amide bonds. The van der Waals surface area contributed by atoms with Crippen LogP contribution in [0.1, 0.15) is 16.1 Å². The first-order valence-corrected chi connectivity index (χ1v) is 12.5. The fraction of sp³-hybridized carbons (Fsp3) is 0.115. The Hall–Kier alpha value is -4.28. The first kappa shape index (κ1) is 23.5. The van der Waals surface area contributed by atoms with Crippen LogP contribution >= 0.6 is 0 Å². The van der Waals surface area contributed by atoms with Gasteiger partial charge >= 0.3 is 0 Å². The first-order valence-electron chi connectivity index (χ1n) is 11.1. The minimum absolute atomic E-state index is 0.0783. The number of rotatable bonds is 6. The van der Waals surface area contributed by atoms with E-state index in [1.54, 1.807) is 35.0 Å². The average Bonchev–Trinajstić information content (AvgIpc) is 3.53. The van der Waals surface area contributed by atoms with Crippen LogP contribution in [-0.2, 0) is 10.0 Å². The third-order valence-electron chi connectivity index (χ3n) is 5.70. The van der Waals surface area contributed by atoms with Crippen molar-refractivity contribution in [2.75, 3.05) is 19.4 Å². The summed E-state index contributed by atoms with van der Waals surface area (Å²) in [6, 6.07) is 20.8. The van der Waals surface area contributed by atoms with Crippen molar-refractivity contribution >= 4 is 32.7 Å². The SMILES string of the molecule is Cc1nn(-c2ccccc2)c2nc(-c3ccco3)cc(C(=O)Nc3cccc(S(=O)(=O)N(C)C)c3)c12. The summed E-state index contributed by atoms with van der Waals surface area (Å²) in [5.74, 6) is 0.0776. The lowest BCUT2D eigenvalue weighted by Gasteiger charge is -2.13. The Balaban J connectivity index is 1.64. The van der Waals surface area contributed by atoms with Gasteiger partial charge < -0.3 is 9.73 Å². The van der Waals surface area contributed by atoms with Crippen molar-refractivity contribution in [1.29, 1.82) is 0 Å². The van der Waals surface area contributed by atoms with Crippen LogP contribution in [0.4, 0.5) is 5.69 Å². The largest absolute Gasteiger partial charge is 0.463 e. The fourth-order valence-electron chi connectivity index (χ4n) is 3.91. The molecule has 0 aliphatic heterocycles. The van der Waals surface area contributed by atoms with E-state index in [2.05, 4.69) is 10.4 Å². The van der Waals surface area contributed by atoms with Gasteiger partial charge in [0.2, 0.25) is 10.0 Å². The Morgan fingerprint density at radius 1 is 1.00 bits per heavy atom. The van der Waals surface area contributed by atoms with Crippen molar-refractivity contribution in [1.82, 2.24) is 19.1 Å². The summed E-state index contributed by atoms with van der Waals surface area (Å²) in [7, 11) is -0.747. The van der Waals surface area contributed by atoms with Crippen LogP contribution in [0.25, 0.3) is 28.2 Å². The highest BCUT2D eigenvalue weighted by atomic mass is 32.2. The highest BCUT2D eigenvalue weighted by Crippen LogP contribution is 2.30. The molecule has 5 aromatic rings. The van der Waals surface area contributed by atoms with E-state index in [1.807, 2.05) is 37.3 Å². The van der Waals surface area contributed by atoms with Crippen molar-refractivity contribution < 1.29 is 17.6 Å². The van der Waals surface area contributed by atoms with E-state index >= 15 is 0 Å². The second-order valence-electron chi connectivity index (χ2n) is 8.33. The van der Waals surface area contributed by atoms with Crippen LogP contribution in [-0.4, -0.2) is 47.5 Å². The number of sulfonamides is 1. The average molecular weight is 502 g/mol. The van der Waals surface area contributed by atoms with Gasteiger partial charge in [-0.2, -0.15) is 5.10 Å².